The Kier molecular flexibility index (Phi) is 3.29. The van der Waals surface area contributed by atoms with Gasteiger partial charge in [0.15, 0.2) is 5.58 Å². The maximum absolute atomic E-state index is 5.68. The maximum atomic E-state index is 5.68. The van der Waals surface area contributed by atoms with Crippen molar-refractivity contribution in [2.24, 2.45) is 0 Å². The van der Waals surface area contributed by atoms with E-state index in [2.05, 4.69) is 57.8 Å². The first kappa shape index (κ1) is 15.1. The molecule has 0 radical (unpaired) electrons. The molecular weight excluding hydrogens is 346 g/mol. The molecule has 0 aliphatic rings. The van der Waals surface area contributed by atoms with Gasteiger partial charge in [-0.2, -0.15) is 9.97 Å². The normalized spacial score (nSPS) is 11.5. The van der Waals surface area contributed by atoms with Crippen molar-refractivity contribution in [1.29, 1.82) is 0 Å². The third-order valence-corrected chi connectivity index (χ3v) is 5.07. The van der Waals surface area contributed by atoms with Crippen LogP contribution in [-0.2, 0) is 0 Å². The number of aromatic nitrogens is 4. The predicted molar refractivity (Wildman–Crippen MR) is 103 cm³/mol. The van der Waals surface area contributed by atoms with Gasteiger partial charge in [-0.1, -0.05) is 35.9 Å². The van der Waals surface area contributed by atoms with Gasteiger partial charge in [-0.3, -0.25) is 5.32 Å². The highest BCUT2D eigenvalue weighted by Crippen LogP contribution is 2.29. The minimum Gasteiger partial charge on any atom is -0.423 e. The average Bonchev–Trinajstić information content (AvgIpc) is 3.29. The van der Waals surface area contributed by atoms with E-state index in [1.165, 1.54) is 11.1 Å². The van der Waals surface area contributed by atoms with Crippen LogP contribution in [0.15, 0.2) is 52.3 Å². The van der Waals surface area contributed by atoms with E-state index in [0.717, 1.165) is 27.3 Å². The lowest BCUT2D eigenvalue weighted by Gasteiger charge is -2.05. The first-order valence-electron chi connectivity index (χ1n) is 8.22. The van der Waals surface area contributed by atoms with Crippen molar-refractivity contribution >= 4 is 39.4 Å². The van der Waals surface area contributed by atoms with E-state index in [-0.39, 0.29) is 0 Å². The SMILES string of the molecule is Cc1ccc(-c2csc3nc(Nc4nc5ccccc5o4)nn23)c(C)c1. The summed E-state index contributed by atoms with van der Waals surface area (Å²) >= 11 is 1.56. The van der Waals surface area contributed by atoms with Gasteiger partial charge >= 0.3 is 6.01 Å². The van der Waals surface area contributed by atoms with Gasteiger partial charge in [0.05, 0.1) is 5.69 Å². The van der Waals surface area contributed by atoms with E-state index in [9.17, 15) is 0 Å². The van der Waals surface area contributed by atoms with Crippen molar-refractivity contribution < 1.29 is 4.42 Å². The van der Waals surface area contributed by atoms with Gasteiger partial charge < -0.3 is 4.42 Å². The molecule has 0 aliphatic carbocycles. The molecule has 128 valence electrons. The van der Waals surface area contributed by atoms with E-state index in [0.29, 0.717) is 12.0 Å². The third-order valence-electron chi connectivity index (χ3n) is 4.25. The second kappa shape index (κ2) is 5.67. The third kappa shape index (κ3) is 2.44. The molecular formula is C19H15N5OS. The van der Waals surface area contributed by atoms with Gasteiger partial charge in [0.2, 0.25) is 4.96 Å². The van der Waals surface area contributed by atoms with Crippen LogP contribution in [0.1, 0.15) is 11.1 Å². The Morgan fingerprint density at radius 1 is 1.08 bits per heavy atom. The fourth-order valence-electron chi connectivity index (χ4n) is 3.04. The molecule has 3 heterocycles. The molecule has 0 atom stereocenters. The predicted octanol–water partition coefficient (Wildman–Crippen LogP) is 4.96. The fourth-order valence-corrected chi connectivity index (χ4v) is 3.86. The molecule has 0 aliphatic heterocycles. The summed E-state index contributed by atoms with van der Waals surface area (Å²) in [6.07, 6.45) is 0. The van der Waals surface area contributed by atoms with E-state index in [1.807, 2.05) is 28.8 Å². The molecule has 1 N–H and O–H groups in total. The summed E-state index contributed by atoms with van der Waals surface area (Å²) in [5.74, 6) is 0.467. The van der Waals surface area contributed by atoms with Gasteiger partial charge in [0, 0.05) is 10.9 Å². The summed E-state index contributed by atoms with van der Waals surface area (Å²) in [6, 6.07) is 14.4. The molecule has 0 spiro atoms. The zero-order valence-corrected chi connectivity index (χ0v) is 15.0. The summed E-state index contributed by atoms with van der Waals surface area (Å²) in [5, 5.41) is 9.72. The molecule has 0 fully saturated rings. The number of hydrogen-bond acceptors (Lipinski definition) is 6. The minimum absolute atomic E-state index is 0.387. The van der Waals surface area contributed by atoms with Gasteiger partial charge in [-0.05, 0) is 31.5 Å². The Bertz CT molecular complexity index is 1220. The van der Waals surface area contributed by atoms with Gasteiger partial charge in [0.1, 0.15) is 5.52 Å². The largest absolute Gasteiger partial charge is 0.423 e. The van der Waals surface area contributed by atoms with Crippen molar-refractivity contribution in [1.82, 2.24) is 19.6 Å². The van der Waals surface area contributed by atoms with Crippen molar-refractivity contribution in [2.75, 3.05) is 5.32 Å². The van der Waals surface area contributed by atoms with Gasteiger partial charge in [-0.15, -0.1) is 16.4 Å². The molecule has 0 bridgehead atoms. The van der Waals surface area contributed by atoms with Crippen LogP contribution in [0, 0.1) is 13.8 Å². The number of fused-ring (bicyclic) bond motifs is 2. The minimum atomic E-state index is 0.387. The summed E-state index contributed by atoms with van der Waals surface area (Å²) in [6.45, 7) is 4.21. The average molecular weight is 361 g/mol. The van der Waals surface area contributed by atoms with Crippen molar-refractivity contribution in [3.63, 3.8) is 0 Å². The summed E-state index contributed by atoms with van der Waals surface area (Å²) in [4.78, 5) is 9.75. The molecule has 2 aromatic carbocycles. The van der Waals surface area contributed by atoms with Crippen LogP contribution in [0.2, 0.25) is 0 Å². The van der Waals surface area contributed by atoms with Gasteiger partial charge in [-0.25, -0.2) is 4.52 Å². The van der Waals surface area contributed by atoms with Crippen LogP contribution in [-0.4, -0.2) is 19.6 Å². The molecule has 3 aromatic heterocycles. The smallest absolute Gasteiger partial charge is 0.302 e. The number of benzene rings is 2. The zero-order valence-electron chi connectivity index (χ0n) is 14.2. The standard InChI is InChI=1S/C19H15N5OS/c1-11-7-8-13(12(2)9-11)15-10-26-19-22-17(23-24(15)19)21-18-20-14-5-3-4-6-16(14)25-18/h3-10H,1-2H3,(H,20,21,23). The topological polar surface area (TPSA) is 68.2 Å². The lowest BCUT2D eigenvalue weighted by molar-refractivity contribution is 0.621. The Morgan fingerprint density at radius 3 is 2.81 bits per heavy atom. The Labute approximate surface area is 153 Å². The number of aryl methyl sites for hydroxylation is 2. The first-order valence-corrected chi connectivity index (χ1v) is 9.10. The van der Waals surface area contributed by atoms with E-state index < -0.39 is 0 Å². The number of oxazole rings is 1. The monoisotopic (exact) mass is 361 g/mol. The van der Waals surface area contributed by atoms with Crippen molar-refractivity contribution in [3.8, 4) is 11.3 Å². The molecule has 0 unspecified atom stereocenters. The fraction of sp³-hybridized carbons (Fsp3) is 0.105. The Hall–Kier alpha value is -3.19. The number of anilines is 2. The molecule has 0 saturated carbocycles. The lowest BCUT2D eigenvalue weighted by atomic mass is 10.0. The Morgan fingerprint density at radius 2 is 1.96 bits per heavy atom. The highest BCUT2D eigenvalue weighted by molar-refractivity contribution is 7.15. The van der Waals surface area contributed by atoms with E-state index >= 15 is 0 Å². The lowest BCUT2D eigenvalue weighted by Crippen LogP contribution is -1.95. The molecule has 0 saturated heterocycles. The number of thiazole rings is 1. The number of para-hydroxylation sites is 2. The number of nitrogens with zero attached hydrogens (tertiary/aromatic N) is 4. The quantitative estimate of drug-likeness (QED) is 0.492. The molecule has 7 heteroatoms. The summed E-state index contributed by atoms with van der Waals surface area (Å²) in [5.41, 5.74) is 6.17. The summed E-state index contributed by atoms with van der Waals surface area (Å²) < 4.78 is 7.54. The van der Waals surface area contributed by atoms with Crippen LogP contribution >= 0.6 is 11.3 Å². The van der Waals surface area contributed by atoms with Crippen molar-refractivity contribution in [3.05, 3.63) is 59.0 Å². The first-order chi connectivity index (χ1) is 12.7. The number of nitrogens with one attached hydrogen (secondary N) is 1. The van der Waals surface area contributed by atoms with Crippen LogP contribution in [0.25, 0.3) is 27.3 Å². The number of hydrogen-bond donors (Lipinski definition) is 1. The molecule has 6 nitrogen and oxygen atoms in total. The molecule has 5 rings (SSSR count). The number of rotatable bonds is 3. The molecule has 26 heavy (non-hydrogen) atoms. The van der Waals surface area contributed by atoms with E-state index in [1.54, 1.807) is 11.3 Å². The second-order valence-corrected chi connectivity index (χ2v) is 7.02. The van der Waals surface area contributed by atoms with E-state index in [4.69, 9.17) is 4.42 Å². The summed E-state index contributed by atoms with van der Waals surface area (Å²) in [7, 11) is 0. The van der Waals surface area contributed by atoms with Crippen LogP contribution in [0.5, 0.6) is 0 Å². The van der Waals surface area contributed by atoms with Crippen LogP contribution < -0.4 is 5.32 Å². The zero-order chi connectivity index (χ0) is 17.7. The Balaban J connectivity index is 1.53. The second-order valence-electron chi connectivity index (χ2n) is 6.18. The van der Waals surface area contributed by atoms with Crippen LogP contribution in [0.4, 0.5) is 12.0 Å². The highest BCUT2D eigenvalue weighted by Gasteiger charge is 2.14. The molecule has 0 amide bonds. The molecule has 5 aromatic rings. The van der Waals surface area contributed by atoms with Crippen LogP contribution in [0.3, 0.4) is 0 Å². The highest BCUT2D eigenvalue weighted by atomic mass is 32.1. The van der Waals surface area contributed by atoms with Gasteiger partial charge in [0.25, 0.3) is 5.95 Å². The van der Waals surface area contributed by atoms with Crippen molar-refractivity contribution in [2.45, 2.75) is 13.8 Å². The maximum Gasteiger partial charge on any atom is 0.302 e.